The van der Waals surface area contributed by atoms with Crippen LogP contribution in [0.15, 0.2) is 48.5 Å². The van der Waals surface area contributed by atoms with Crippen molar-refractivity contribution in [1.82, 2.24) is 0 Å². The van der Waals surface area contributed by atoms with Crippen molar-refractivity contribution in [2.24, 2.45) is 0 Å². The lowest BCUT2D eigenvalue weighted by Crippen LogP contribution is -2.16. The molecule has 0 aliphatic heterocycles. The average molecular weight is 343 g/mol. The van der Waals surface area contributed by atoms with Gasteiger partial charge in [-0.25, -0.2) is 8.42 Å². The number of amides is 1. The molecule has 0 bridgehead atoms. The lowest BCUT2D eigenvalue weighted by molar-refractivity contribution is -0.116. The second kappa shape index (κ2) is 7.62. The van der Waals surface area contributed by atoms with E-state index in [1.165, 1.54) is 0 Å². The Bertz CT molecular complexity index is 869. The van der Waals surface area contributed by atoms with Gasteiger partial charge in [0.15, 0.2) is 0 Å². The van der Waals surface area contributed by atoms with Crippen LogP contribution in [-0.2, 0) is 21.2 Å². The van der Waals surface area contributed by atoms with E-state index in [0.29, 0.717) is 23.4 Å². The van der Waals surface area contributed by atoms with Gasteiger partial charge in [0.05, 0.1) is 29.3 Å². The van der Waals surface area contributed by atoms with Crippen molar-refractivity contribution in [2.45, 2.75) is 12.8 Å². The van der Waals surface area contributed by atoms with Gasteiger partial charge >= 0.3 is 0 Å². The Kier molecular flexibility index (Phi) is 5.55. The Morgan fingerprint density at radius 2 is 1.71 bits per heavy atom. The third kappa shape index (κ3) is 5.41. The molecule has 0 spiro atoms. The van der Waals surface area contributed by atoms with E-state index in [1.54, 1.807) is 36.4 Å². The number of aryl methyl sites for hydroxylation is 1. The van der Waals surface area contributed by atoms with Gasteiger partial charge in [-0.15, -0.1) is 0 Å². The standard InChI is InChI=1S/C17H17N3O3S/c1-24(22,23)20-16-5-3-2-4-15(16)19-17(21)11-10-13-6-8-14(12-18)9-7-13/h2-9,20H,10-11H2,1H3,(H,19,21). The second-order valence-corrected chi connectivity index (χ2v) is 7.03. The molecule has 2 N–H and O–H groups in total. The Hall–Kier alpha value is -2.85. The van der Waals surface area contributed by atoms with E-state index in [2.05, 4.69) is 10.0 Å². The summed E-state index contributed by atoms with van der Waals surface area (Å²) >= 11 is 0. The molecule has 124 valence electrons. The summed E-state index contributed by atoms with van der Waals surface area (Å²) in [7, 11) is -3.43. The first-order chi connectivity index (χ1) is 11.4. The summed E-state index contributed by atoms with van der Waals surface area (Å²) in [6.45, 7) is 0. The molecule has 0 aliphatic carbocycles. The number of carbonyl (C=O) groups is 1. The van der Waals surface area contributed by atoms with Crippen LogP contribution in [-0.4, -0.2) is 20.6 Å². The van der Waals surface area contributed by atoms with Crippen molar-refractivity contribution >= 4 is 27.3 Å². The van der Waals surface area contributed by atoms with E-state index in [1.807, 2.05) is 18.2 Å². The van der Waals surface area contributed by atoms with Crippen LogP contribution >= 0.6 is 0 Å². The van der Waals surface area contributed by atoms with Crippen LogP contribution in [0.5, 0.6) is 0 Å². The third-order valence-corrected chi connectivity index (χ3v) is 3.81. The van der Waals surface area contributed by atoms with Crippen LogP contribution in [0.1, 0.15) is 17.5 Å². The number of benzene rings is 2. The first kappa shape index (κ1) is 17.5. The molecule has 0 saturated carbocycles. The fraction of sp³-hybridized carbons (Fsp3) is 0.176. The molecule has 0 aromatic heterocycles. The van der Waals surface area contributed by atoms with Gasteiger partial charge in [-0.05, 0) is 36.2 Å². The molecule has 0 aliphatic rings. The lowest BCUT2D eigenvalue weighted by Gasteiger charge is -2.11. The van der Waals surface area contributed by atoms with Gasteiger partial charge in [-0.1, -0.05) is 24.3 Å². The van der Waals surface area contributed by atoms with Crippen LogP contribution in [0.2, 0.25) is 0 Å². The highest BCUT2D eigenvalue weighted by Crippen LogP contribution is 2.22. The molecule has 0 saturated heterocycles. The van der Waals surface area contributed by atoms with Gasteiger partial charge in [0, 0.05) is 6.42 Å². The Balaban J connectivity index is 1.98. The molecule has 2 aromatic rings. The molecule has 2 aromatic carbocycles. The van der Waals surface area contributed by atoms with Gasteiger partial charge in [-0.2, -0.15) is 5.26 Å². The normalized spacial score (nSPS) is 10.7. The molecule has 0 radical (unpaired) electrons. The van der Waals surface area contributed by atoms with E-state index in [4.69, 9.17) is 5.26 Å². The van der Waals surface area contributed by atoms with Crippen LogP contribution < -0.4 is 10.0 Å². The monoisotopic (exact) mass is 343 g/mol. The number of carbonyl (C=O) groups excluding carboxylic acids is 1. The fourth-order valence-corrected chi connectivity index (χ4v) is 2.67. The van der Waals surface area contributed by atoms with Crippen molar-refractivity contribution in [3.8, 4) is 6.07 Å². The summed E-state index contributed by atoms with van der Waals surface area (Å²) in [5, 5.41) is 11.5. The third-order valence-electron chi connectivity index (χ3n) is 3.22. The van der Waals surface area contributed by atoms with Crippen molar-refractivity contribution in [1.29, 1.82) is 5.26 Å². The zero-order valence-corrected chi connectivity index (χ0v) is 13.9. The van der Waals surface area contributed by atoms with Crippen molar-refractivity contribution in [2.75, 3.05) is 16.3 Å². The van der Waals surface area contributed by atoms with E-state index in [9.17, 15) is 13.2 Å². The number of sulfonamides is 1. The largest absolute Gasteiger partial charge is 0.324 e. The zero-order chi connectivity index (χ0) is 17.6. The number of hydrogen-bond acceptors (Lipinski definition) is 4. The van der Waals surface area contributed by atoms with E-state index < -0.39 is 10.0 Å². The maximum atomic E-state index is 12.1. The molecular formula is C17H17N3O3S. The minimum atomic E-state index is -3.43. The molecule has 2 rings (SSSR count). The predicted molar refractivity (Wildman–Crippen MR) is 93.0 cm³/mol. The SMILES string of the molecule is CS(=O)(=O)Nc1ccccc1NC(=O)CCc1ccc(C#N)cc1. The van der Waals surface area contributed by atoms with E-state index in [0.717, 1.165) is 11.8 Å². The summed E-state index contributed by atoms with van der Waals surface area (Å²) in [5.41, 5.74) is 2.26. The highest BCUT2D eigenvalue weighted by Gasteiger charge is 2.10. The number of rotatable bonds is 6. The van der Waals surface area contributed by atoms with Gasteiger partial charge < -0.3 is 5.32 Å². The maximum Gasteiger partial charge on any atom is 0.229 e. The number of nitrogens with one attached hydrogen (secondary N) is 2. The molecule has 1 amide bonds. The van der Waals surface area contributed by atoms with Crippen LogP contribution in [0.25, 0.3) is 0 Å². The minimum Gasteiger partial charge on any atom is -0.324 e. The summed E-state index contributed by atoms with van der Waals surface area (Å²) in [6.07, 6.45) is 1.83. The molecule has 6 nitrogen and oxygen atoms in total. The Morgan fingerprint density at radius 3 is 2.29 bits per heavy atom. The highest BCUT2D eigenvalue weighted by atomic mass is 32.2. The zero-order valence-electron chi connectivity index (χ0n) is 13.1. The maximum absolute atomic E-state index is 12.1. The van der Waals surface area contributed by atoms with Crippen molar-refractivity contribution in [3.63, 3.8) is 0 Å². The summed E-state index contributed by atoms with van der Waals surface area (Å²) in [6, 6.07) is 15.7. The van der Waals surface area contributed by atoms with E-state index in [-0.39, 0.29) is 12.3 Å². The summed E-state index contributed by atoms with van der Waals surface area (Å²) < 4.78 is 25.1. The van der Waals surface area contributed by atoms with Gasteiger partial charge in [0.1, 0.15) is 0 Å². The molecular weight excluding hydrogens is 326 g/mol. The summed E-state index contributed by atoms with van der Waals surface area (Å²) in [4.78, 5) is 12.1. The number of hydrogen-bond donors (Lipinski definition) is 2. The van der Waals surface area contributed by atoms with Crippen LogP contribution in [0, 0.1) is 11.3 Å². The molecule has 0 fully saturated rings. The Labute approximate surface area is 141 Å². The number of para-hydroxylation sites is 2. The molecule has 0 heterocycles. The molecule has 0 unspecified atom stereocenters. The van der Waals surface area contributed by atoms with Crippen LogP contribution in [0.3, 0.4) is 0 Å². The first-order valence-corrected chi connectivity index (χ1v) is 9.12. The van der Waals surface area contributed by atoms with E-state index >= 15 is 0 Å². The van der Waals surface area contributed by atoms with Crippen molar-refractivity contribution < 1.29 is 13.2 Å². The topological polar surface area (TPSA) is 99.1 Å². The predicted octanol–water partition coefficient (Wildman–Crippen LogP) is 2.50. The van der Waals surface area contributed by atoms with Gasteiger partial charge in [-0.3, -0.25) is 9.52 Å². The second-order valence-electron chi connectivity index (χ2n) is 5.28. The number of nitriles is 1. The van der Waals surface area contributed by atoms with Crippen LogP contribution in [0.4, 0.5) is 11.4 Å². The van der Waals surface area contributed by atoms with Gasteiger partial charge in [0.2, 0.25) is 15.9 Å². The fourth-order valence-electron chi connectivity index (χ4n) is 2.10. The average Bonchev–Trinajstić information content (AvgIpc) is 2.54. The first-order valence-electron chi connectivity index (χ1n) is 7.23. The number of nitrogens with zero attached hydrogens (tertiary/aromatic N) is 1. The van der Waals surface area contributed by atoms with Gasteiger partial charge in [0.25, 0.3) is 0 Å². The highest BCUT2D eigenvalue weighted by molar-refractivity contribution is 7.92. The molecule has 0 atom stereocenters. The number of anilines is 2. The van der Waals surface area contributed by atoms with Crippen molar-refractivity contribution in [3.05, 3.63) is 59.7 Å². The summed E-state index contributed by atoms with van der Waals surface area (Å²) in [5.74, 6) is -0.220. The minimum absolute atomic E-state index is 0.220. The lowest BCUT2D eigenvalue weighted by atomic mass is 10.1. The molecule has 24 heavy (non-hydrogen) atoms. The molecule has 7 heteroatoms. The smallest absolute Gasteiger partial charge is 0.229 e. The quantitative estimate of drug-likeness (QED) is 0.842. The Morgan fingerprint density at radius 1 is 1.08 bits per heavy atom.